The van der Waals surface area contributed by atoms with E-state index < -0.39 is 5.97 Å². The van der Waals surface area contributed by atoms with E-state index in [1.807, 2.05) is 60.7 Å². The van der Waals surface area contributed by atoms with Crippen molar-refractivity contribution in [2.75, 3.05) is 0 Å². The summed E-state index contributed by atoms with van der Waals surface area (Å²) < 4.78 is 5.86. The van der Waals surface area contributed by atoms with Crippen molar-refractivity contribution in [1.82, 2.24) is 0 Å². The number of furan rings is 1. The number of aryl methyl sites for hydroxylation is 1. The Labute approximate surface area is 174 Å². The molecule has 5 nitrogen and oxygen atoms in total. The van der Waals surface area contributed by atoms with Gasteiger partial charge in [-0.2, -0.15) is 0 Å². The van der Waals surface area contributed by atoms with Gasteiger partial charge in [-0.05, 0) is 49.1 Å². The lowest BCUT2D eigenvalue weighted by Gasteiger charge is -2.17. The molecule has 152 valence electrons. The van der Waals surface area contributed by atoms with Crippen LogP contribution in [0.1, 0.15) is 30.4 Å². The minimum atomic E-state index is -0.907. The van der Waals surface area contributed by atoms with Crippen LogP contribution in [0.2, 0.25) is 0 Å². The smallest absolute Gasteiger partial charge is 0.304 e. The zero-order chi connectivity index (χ0) is 20.9. The average molecular weight is 401 g/mol. The van der Waals surface area contributed by atoms with Crippen LogP contribution in [0.3, 0.4) is 0 Å². The molecule has 0 bridgehead atoms. The Hall–Kier alpha value is -3.60. The molecule has 1 aromatic heterocycles. The molecule has 0 aliphatic rings. The van der Waals surface area contributed by atoms with Crippen LogP contribution in [0.4, 0.5) is 0 Å². The van der Waals surface area contributed by atoms with E-state index in [9.17, 15) is 15.1 Å². The van der Waals surface area contributed by atoms with E-state index in [4.69, 9.17) is 4.42 Å². The molecule has 4 aromatic rings. The Balaban J connectivity index is 1.61. The van der Waals surface area contributed by atoms with Crippen LogP contribution in [0.5, 0.6) is 0 Å². The topological polar surface area (TPSA) is 83.0 Å². The maximum Gasteiger partial charge on any atom is 0.304 e. The lowest BCUT2D eigenvalue weighted by atomic mass is 9.88. The number of rotatable bonds is 8. The van der Waals surface area contributed by atoms with Crippen LogP contribution < -0.4 is 0 Å². The van der Waals surface area contributed by atoms with Crippen LogP contribution in [0, 0.1) is 5.92 Å². The number of carboxylic acids is 1. The van der Waals surface area contributed by atoms with Crippen LogP contribution in [0.15, 0.2) is 82.4 Å². The highest BCUT2D eigenvalue weighted by molar-refractivity contribution is 6.10. The molecule has 3 aromatic carbocycles. The van der Waals surface area contributed by atoms with E-state index >= 15 is 0 Å². The van der Waals surface area contributed by atoms with Crippen molar-refractivity contribution in [3.05, 3.63) is 83.9 Å². The van der Waals surface area contributed by atoms with Gasteiger partial charge in [-0.3, -0.25) is 4.79 Å². The molecule has 0 aliphatic heterocycles. The van der Waals surface area contributed by atoms with Crippen LogP contribution in [-0.4, -0.2) is 22.0 Å². The molecule has 0 aliphatic carbocycles. The molecule has 1 heterocycles. The number of oxime groups is 1. The van der Waals surface area contributed by atoms with E-state index in [0.29, 0.717) is 17.7 Å². The second-order valence-electron chi connectivity index (χ2n) is 7.47. The molecule has 2 N–H and O–H groups in total. The van der Waals surface area contributed by atoms with Crippen molar-refractivity contribution in [1.29, 1.82) is 0 Å². The van der Waals surface area contributed by atoms with Crippen molar-refractivity contribution in [3.8, 4) is 0 Å². The third-order valence-corrected chi connectivity index (χ3v) is 5.45. The SMILES string of the molecule is O=C(O)CC(CCCc1ccccc1)/C(=N\O)c1ccc2oc3ccccc3c2c1. The Morgan fingerprint density at radius 3 is 2.43 bits per heavy atom. The minimum Gasteiger partial charge on any atom is -0.481 e. The first-order valence-electron chi connectivity index (χ1n) is 10.0. The molecule has 30 heavy (non-hydrogen) atoms. The van der Waals surface area contributed by atoms with Crippen molar-refractivity contribution in [2.45, 2.75) is 25.7 Å². The van der Waals surface area contributed by atoms with Crippen LogP contribution in [0.25, 0.3) is 21.9 Å². The number of aliphatic carboxylic acids is 1. The molecule has 1 atom stereocenters. The molecule has 0 amide bonds. The summed E-state index contributed by atoms with van der Waals surface area (Å²) in [5.74, 6) is -1.29. The predicted molar refractivity (Wildman–Crippen MR) is 117 cm³/mol. The molecule has 0 saturated heterocycles. The van der Waals surface area contributed by atoms with Gasteiger partial charge >= 0.3 is 5.97 Å². The molecule has 5 heteroatoms. The van der Waals surface area contributed by atoms with Gasteiger partial charge in [0.25, 0.3) is 0 Å². The van der Waals surface area contributed by atoms with Gasteiger partial charge in [0.05, 0.1) is 12.1 Å². The van der Waals surface area contributed by atoms with Crippen molar-refractivity contribution in [3.63, 3.8) is 0 Å². The fraction of sp³-hybridized carbons (Fsp3) is 0.200. The average Bonchev–Trinajstić information content (AvgIpc) is 3.13. The quantitative estimate of drug-likeness (QED) is 0.219. The summed E-state index contributed by atoms with van der Waals surface area (Å²) in [5, 5.41) is 24.6. The maximum absolute atomic E-state index is 11.5. The number of carbonyl (C=O) groups is 1. The zero-order valence-electron chi connectivity index (χ0n) is 16.5. The number of hydrogen-bond donors (Lipinski definition) is 2. The molecular weight excluding hydrogens is 378 g/mol. The van der Waals surface area contributed by atoms with Gasteiger partial charge in [0, 0.05) is 22.3 Å². The van der Waals surface area contributed by atoms with Crippen molar-refractivity contribution >= 4 is 33.6 Å². The van der Waals surface area contributed by atoms with Crippen molar-refractivity contribution in [2.24, 2.45) is 11.1 Å². The molecule has 0 fully saturated rings. The van der Waals surface area contributed by atoms with E-state index in [-0.39, 0.29) is 12.3 Å². The largest absolute Gasteiger partial charge is 0.481 e. The summed E-state index contributed by atoms with van der Waals surface area (Å²) in [6, 6.07) is 23.4. The number of carboxylic acid groups (broad SMARTS) is 1. The first-order valence-corrected chi connectivity index (χ1v) is 10.0. The molecule has 0 spiro atoms. The minimum absolute atomic E-state index is 0.0850. The number of benzene rings is 3. The summed E-state index contributed by atoms with van der Waals surface area (Å²) in [4.78, 5) is 11.5. The lowest BCUT2D eigenvalue weighted by Crippen LogP contribution is -2.20. The third kappa shape index (κ3) is 4.20. The van der Waals surface area contributed by atoms with E-state index in [2.05, 4.69) is 17.3 Å². The van der Waals surface area contributed by atoms with E-state index in [1.54, 1.807) is 0 Å². The van der Waals surface area contributed by atoms with Gasteiger partial charge < -0.3 is 14.7 Å². The molecule has 1 unspecified atom stereocenters. The highest BCUT2D eigenvalue weighted by Gasteiger charge is 2.22. The van der Waals surface area contributed by atoms with Gasteiger partial charge in [-0.1, -0.05) is 53.7 Å². The zero-order valence-corrected chi connectivity index (χ0v) is 16.5. The summed E-state index contributed by atoms with van der Waals surface area (Å²) in [6.45, 7) is 0. The fourth-order valence-electron chi connectivity index (χ4n) is 4.00. The molecule has 0 saturated carbocycles. The monoisotopic (exact) mass is 401 g/mol. The number of para-hydroxylation sites is 1. The second-order valence-corrected chi connectivity index (χ2v) is 7.47. The molecular formula is C25H23NO4. The lowest BCUT2D eigenvalue weighted by molar-refractivity contribution is -0.137. The number of fused-ring (bicyclic) bond motifs is 3. The fourth-order valence-corrected chi connectivity index (χ4v) is 4.00. The predicted octanol–water partition coefficient (Wildman–Crippen LogP) is 5.88. The van der Waals surface area contributed by atoms with Crippen LogP contribution in [-0.2, 0) is 11.2 Å². The highest BCUT2D eigenvalue weighted by atomic mass is 16.4. The Morgan fingerprint density at radius 2 is 1.67 bits per heavy atom. The maximum atomic E-state index is 11.5. The summed E-state index contributed by atoms with van der Waals surface area (Å²) in [6.07, 6.45) is 2.18. The first-order chi connectivity index (χ1) is 14.7. The van der Waals surface area contributed by atoms with Gasteiger partial charge in [0.2, 0.25) is 0 Å². The first kappa shape index (κ1) is 19.7. The standard InChI is InChI=1S/C25H23NO4/c27-24(28)16-18(10-6-9-17-7-2-1-3-8-17)25(26-29)19-13-14-23-21(15-19)20-11-4-5-12-22(20)30-23/h1-5,7-8,11-15,18,29H,6,9-10,16H2,(H,27,28)/b26-25+. The van der Waals surface area contributed by atoms with E-state index in [1.165, 1.54) is 5.56 Å². The summed E-state index contributed by atoms with van der Waals surface area (Å²) >= 11 is 0. The second kappa shape index (κ2) is 8.82. The third-order valence-electron chi connectivity index (χ3n) is 5.45. The van der Waals surface area contributed by atoms with Gasteiger partial charge in [-0.25, -0.2) is 0 Å². The number of nitrogens with zero attached hydrogens (tertiary/aromatic N) is 1. The Kier molecular flexibility index (Phi) is 5.80. The Morgan fingerprint density at radius 1 is 0.933 bits per heavy atom. The number of hydrogen-bond acceptors (Lipinski definition) is 4. The Bertz CT molecular complexity index is 1190. The molecule has 0 radical (unpaired) electrons. The van der Waals surface area contributed by atoms with Crippen molar-refractivity contribution < 1.29 is 19.5 Å². The highest BCUT2D eigenvalue weighted by Crippen LogP contribution is 2.30. The van der Waals surface area contributed by atoms with Gasteiger partial charge in [0.1, 0.15) is 11.2 Å². The summed E-state index contributed by atoms with van der Waals surface area (Å²) in [5.41, 5.74) is 3.86. The van der Waals surface area contributed by atoms with Gasteiger partial charge in [0.15, 0.2) is 0 Å². The normalized spacial score (nSPS) is 13.0. The van der Waals surface area contributed by atoms with E-state index in [0.717, 1.165) is 34.8 Å². The molecule has 4 rings (SSSR count). The summed E-state index contributed by atoms with van der Waals surface area (Å²) in [7, 11) is 0. The van der Waals surface area contributed by atoms with Gasteiger partial charge in [-0.15, -0.1) is 0 Å². The van der Waals surface area contributed by atoms with Crippen LogP contribution >= 0.6 is 0 Å².